The summed E-state index contributed by atoms with van der Waals surface area (Å²) in [7, 11) is 1.89. The van der Waals surface area contributed by atoms with E-state index in [0.717, 1.165) is 30.9 Å². The molecule has 2 unspecified atom stereocenters. The van der Waals surface area contributed by atoms with E-state index in [9.17, 15) is 5.11 Å². The molecule has 0 aromatic heterocycles. The van der Waals surface area contributed by atoms with Crippen molar-refractivity contribution >= 4 is 0 Å². The highest BCUT2D eigenvalue weighted by Crippen LogP contribution is 2.26. The average Bonchev–Trinajstić information content (AvgIpc) is 2.94. The summed E-state index contributed by atoms with van der Waals surface area (Å²) in [4.78, 5) is 1.91. The highest BCUT2D eigenvalue weighted by Gasteiger charge is 2.12. The van der Waals surface area contributed by atoms with E-state index in [2.05, 4.69) is 32.9 Å². The molecule has 0 aliphatic rings. The van der Waals surface area contributed by atoms with Crippen molar-refractivity contribution in [2.45, 2.75) is 142 Å². The third-order valence-electron chi connectivity index (χ3n) is 7.98. The van der Waals surface area contributed by atoms with Crippen LogP contribution in [-0.2, 0) is 6.42 Å². The van der Waals surface area contributed by atoms with Gasteiger partial charge in [-0.3, -0.25) is 0 Å². The van der Waals surface area contributed by atoms with Gasteiger partial charge in [0.05, 0.1) is 13.2 Å². The third kappa shape index (κ3) is 19.7. The molecule has 5 heteroatoms. The highest BCUT2D eigenvalue weighted by molar-refractivity contribution is 5.38. The number of aryl methyl sites for hydroxylation is 1. The second-order valence-corrected chi connectivity index (χ2v) is 12.0. The molecule has 0 aliphatic carbocycles. The topological polar surface area (TPSA) is 62.2 Å². The van der Waals surface area contributed by atoms with E-state index in [1.807, 2.05) is 18.0 Å². The molecule has 2 atom stereocenters. The molecular weight excluding hydrogens is 498 g/mol. The molecule has 234 valence electrons. The number of hydrogen-bond acceptors (Lipinski definition) is 5. The van der Waals surface area contributed by atoms with E-state index in [1.54, 1.807) is 0 Å². The van der Waals surface area contributed by atoms with Crippen molar-refractivity contribution in [3.05, 3.63) is 23.8 Å². The molecule has 0 amide bonds. The van der Waals surface area contributed by atoms with Crippen LogP contribution in [0, 0.1) is 5.92 Å². The fraction of sp³-hybridized carbons (Fsp3) is 0.829. The molecular formula is C35H65NO4. The Hall–Kier alpha value is -1.30. The van der Waals surface area contributed by atoms with Gasteiger partial charge in [-0.25, -0.2) is 0 Å². The van der Waals surface area contributed by atoms with Crippen LogP contribution in [-0.4, -0.2) is 61.2 Å². The zero-order valence-electron chi connectivity index (χ0n) is 26.8. The molecule has 0 heterocycles. The lowest BCUT2D eigenvalue weighted by atomic mass is 10.0. The molecule has 0 radical (unpaired) electrons. The van der Waals surface area contributed by atoms with E-state index in [-0.39, 0.29) is 13.2 Å². The van der Waals surface area contributed by atoms with Crippen molar-refractivity contribution in [3.8, 4) is 11.5 Å². The summed E-state index contributed by atoms with van der Waals surface area (Å²) in [5.74, 6) is 2.23. The number of benzene rings is 1. The first-order chi connectivity index (χ1) is 19.5. The lowest BCUT2D eigenvalue weighted by Gasteiger charge is -2.20. The number of likely N-dealkylation sites (N-methyl/N-ethyl adjacent to an activating group) is 1. The Labute approximate surface area is 248 Å². The van der Waals surface area contributed by atoms with E-state index in [4.69, 9.17) is 14.6 Å². The van der Waals surface area contributed by atoms with Crippen LogP contribution in [0.2, 0.25) is 0 Å². The zero-order chi connectivity index (χ0) is 29.3. The lowest BCUT2D eigenvalue weighted by molar-refractivity contribution is 0.0709. The molecule has 1 aromatic rings. The van der Waals surface area contributed by atoms with Crippen LogP contribution in [0.3, 0.4) is 0 Å². The van der Waals surface area contributed by atoms with Crippen LogP contribution in [0.15, 0.2) is 18.2 Å². The van der Waals surface area contributed by atoms with Crippen molar-refractivity contribution in [1.82, 2.24) is 4.90 Å². The van der Waals surface area contributed by atoms with Gasteiger partial charge in [0.2, 0.25) is 0 Å². The van der Waals surface area contributed by atoms with E-state index < -0.39 is 6.10 Å². The minimum atomic E-state index is -0.607. The number of ether oxygens (including phenoxy) is 2. The van der Waals surface area contributed by atoms with Crippen LogP contribution in [0.25, 0.3) is 0 Å². The number of nitrogens with zero attached hydrogens (tertiary/aromatic N) is 1. The summed E-state index contributed by atoms with van der Waals surface area (Å²) < 4.78 is 12.3. The van der Waals surface area contributed by atoms with Gasteiger partial charge in [0.1, 0.15) is 24.2 Å². The van der Waals surface area contributed by atoms with Crippen LogP contribution in [0.4, 0.5) is 0 Å². The Balaban J connectivity index is 2.50. The first kappa shape index (κ1) is 36.7. The summed E-state index contributed by atoms with van der Waals surface area (Å²) in [6.45, 7) is 8.84. The van der Waals surface area contributed by atoms with Crippen molar-refractivity contribution < 1.29 is 19.7 Å². The van der Waals surface area contributed by atoms with Crippen molar-refractivity contribution in [1.29, 1.82) is 0 Å². The fourth-order valence-corrected chi connectivity index (χ4v) is 5.27. The molecule has 5 nitrogen and oxygen atoms in total. The summed E-state index contributed by atoms with van der Waals surface area (Å²) in [5, 5.41) is 19.5. The zero-order valence-corrected chi connectivity index (χ0v) is 26.8. The predicted octanol–water partition coefficient (Wildman–Crippen LogP) is 8.58. The Bertz CT molecular complexity index is 698. The Kier molecular flexibility index (Phi) is 23.3. The van der Waals surface area contributed by atoms with Crippen molar-refractivity contribution in [2.75, 3.05) is 40.0 Å². The minimum absolute atomic E-state index is 0.0863. The van der Waals surface area contributed by atoms with Gasteiger partial charge >= 0.3 is 0 Å². The van der Waals surface area contributed by atoms with Crippen LogP contribution in [0.1, 0.15) is 135 Å². The number of aliphatic hydroxyl groups is 2. The van der Waals surface area contributed by atoms with Gasteiger partial charge in [-0.1, -0.05) is 117 Å². The fourth-order valence-electron chi connectivity index (χ4n) is 5.27. The standard InChI is InChI=1S/C35H65NO4/c1-5-8-10-11-12-13-14-15-16-17-18-19-20-22-32-25-34(39-29-31(7-3)21-9-6-2)27-35(26-32)40-30-33(38)28-36(4)23-24-37/h25-27,31,33,37-38H,5-24,28-30H2,1-4H3. The molecule has 0 spiro atoms. The molecule has 0 bridgehead atoms. The maximum atomic E-state index is 10.4. The lowest BCUT2D eigenvalue weighted by Crippen LogP contribution is -2.34. The average molecular weight is 564 g/mol. The monoisotopic (exact) mass is 563 g/mol. The maximum absolute atomic E-state index is 10.4. The molecule has 0 fully saturated rings. The summed E-state index contributed by atoms with van der Waals surface area (Å²) >= 11 is 0. The largest absolute Gasteiger partial charge is 0.493 e. The van der Waals surface area contributed by atoms with Gasteiger partial charge in [-0.15, -0.1) is 0 Å². The van der Waals surface area contributed by atoms with Gasteiger partial charge in [0, 0.05) is 19.2 Å². The maximum Gasteiger partial charge on any atom is 0.123 e. The van der Waals surface area contributed by atoms with Gasteiger partial charge in [-0.2, -0.15) is 0 Å². The second kappa shape index (κ2) is 25.4. The Morgan fingerprint density at radius 3 is 1.75 bits per heavy atom. The first-order valence-electron chi connectivity index (χ1n) is 16.9. The van der Waals surface area contributed by atoms with Crippen LogP contribution >= 0.6 is 0 Å². The smallest absolute Gasteiger partial charge is 0.123 e. The van der Waals surface area contributed by atoms with E-state index in [0.29, 0.717) is 19.0 Å². The Morgan fingerprint density at radius 2 is 1.23 bits per heavy atom. The Morgan fingerprint density at radius 1 is 0.700 bits per heavy atom. The molecule has 1 aromatic carbocycles. The SMILES string of the molecule is CCCCCCCCCCCCCCCc1cc(OCC(O)CN(C)CCO)cc(OCC(CC)CCCC)c1. The van der Waals surface area contributed by atoms with Crippen molar-refractivity contribution in [2.24, 2.45) is 5.92 Å². The van der Waals surface area contributed by atoms with Crippen molar-refractivity contribution in [3.63, 3.8) is 0 Å². The molecule has 1 rings (SSSR count). The number of unbranched alkanes of at least 4 members (excludes halogenated alkanes) is 13. The summed E-state index contributed by atoms with van der Waals surface area (Å²) in [5.41, 5.74) is 1.25. The van der Waals surface area contributed by atoms with E-state index >= 15 is 0 Å². The van der Waals surface area contributed by atoms with Gasteiger partial charge in [-0.05, 0) is 49.9 Å². The molecule has 40 heavy (non-hydrogen) atoms. The highest BCUT2D eigenvalue weighted by atomic mass is 16.5. The predicted molar refractivity (Wildman–Crippen MR) is 171 cm³/mol. The van der Waals surface area contributed by atoms with E-state index in [1.165, 1.54) is 108 Å². The molecule has 0 saturated heterocycles. The number of aliphatic hydroxyl groups excluding tert-OH is 2. The van der Waals surface area contributed by atoms with Gasteiger partial charge in [0.25, 0.3) is 0 Å². The minimum Gasteiger partial charge on any atom is -0.493 e. The third-order valence-corrected chi connectivity index (χ3v) is 7.98. The normalized spacial score (nSPS) is 13.1. The number of hydrogen-bond donors (Lipinski definition) is 2. The summed E-state index contributed by atoms with van der Waals surface area (Å²) in [6.07, 6.45) is 23.0. The van der Waals surface area contributed by atoms with Crippen LogP contribution in [0.5, 0.6) is 11.5 Å². The quantitative estimate of drug-likeness (QED) is 0.1000. The van der Waals surface area contributed by atoms with Gasteiger partial charge in [0.15, 0.2) is 0 Å². The molecule has 2 N–H and O–H groups in total. The summed E-state index contributed by atoms with van der Waals surface area (Å²) in [6, 6.07) is 6.28. The van der Waals surface area contributed by atoms with Crippen LogP contribution < -0.4 is 9.47 Å². The molecule has 0 aliphatic heterocycles. The number of rotatable bonds is 28. The molecule has 0 saturated carbocycles. The first-order valence-corrected chi connectivity index (χ1v) is 16.9. The van der Waals surface area contributed by atoms with Gasteiger partial charge < -0.3 is 24.6 Å². The second-order valence-electron chi connectivity index (χ2n) is 12.0.